The maximum Gasteiger partial charge on any atom is 0.251 e. The van der Waals surface area contributed by atoms with Crippen molar-refractivity contribution >= 4 is 35.0 Å². The van der Waals surface area contributed by atoms with Crippen LogP contribution in [0.25, 0.3) is 0 Å². The number of carbonyl (C=O) groups excluding carboxylic acids is 2. The Bertz CT molecular complexity index is 815. The minimum Gasteiger partial charge on any atom is -0.508 e. The van der Waals surface area contributed by atoms with Crippen LogP contribution >= 0.6 is 23.2 Å². The molecule has 0 aliphatic heterocycles. The first-order chi connectivity index (χ1) is 13.5. The Kier molecular flexibility index (Phi) is 8.91. The molecule has 0 radical (unpaired) electrons. The Morgan fingerprint density at radius 2 is 1.79 bits per heavy atom. The lowest BCUT2D eigenvalue weighted by Gasteiger charge is -2.09. The van der Waals surface area contributed by atoms with Gasteiger partial charge in [-0.15, -0.1) is 0 Å². The Labute approximate surface area is 173 Å². The molecule has 2 aromatic rings. The van der Waals surface area contributed by atoms with E-state index in [9.17, 15) is 14.7 Å². The predicted molar refractivity (Wildman–Crippen MR) is 109 cm³/mol. The van der Waals surface area contributed by atoms with Crippen molar-refractivity contribution in [3.05, 3.63) is 58.1 Å². The highest BCUT2D eigenvalue weighted by Gasteiger charge is 2.06. The molecule has 150 valence electrons. The number of hydrogen-bond donors (Lipinski definition) is 3. The molecular formula is C20H22Cl2N2O4. The van der Waals surface area contributed by atoms with E-state index in [-0.39, 0.29) is 17.6 Å². The molecule has 0 aromatic heterocycles. The molecule has 0 aliphatic rings. The van der Waals surface area contributed by atoms with Gasteiger partial charge in [0.15, 0.2) is 0 Å². The van der Waals surface area contributed by atoms with Gasteiger partial charge in [-0.25, -0.2) is 0 Å². The first kappa shape index (κ1) is 21.9. The summed E-state index contributed by atoms with van der Waals surface area (Å²) in [5, 5.41) is 15.9. The van der Waals surface area contributed by atoms with Crippen molar-refractivity contribution < 1.29 is 19.4 Å². The lowest BCUT2D eigenvalue weighted by Crippen LogP contribution is -2.29. The van der Waals surface area contributed by atoms with E-state index in [1.165, 1.54) is 12.1 Å². The zero-order chi connectivity index (χ0) is 20.4. The smallest absolute Gasteiger partial charge is 0.251 e. The molecule has 0 aliphatic carbocycles. The average molecular weight is 425 g/mol. The normalized spacial score (nSPS) is 10.4. The van der Waals surface area contributed by atoms with Gasteiger partial charge in [0.25, 0.3) is 5.91 Å². The fraction of sp³-hybridized carbons (Fsp3) is 0.300. The molecule has 0 saturated heterocycles. The van der Waals surface area contributed by atoms with Crippen LogP contribution in [0.5, 0.6) is 11.5 Å². The van der Waals surface area contributed by atoms with Crippen LogP contribution in [0.3, 0.4) is 0 Å². The van der Waals surface area contributed by atoms with E-state index in [1.807, 2.05) is 0 Å². The van der Waals surface area contributed by atoms with E-state index in [1.54, 1.807) is 30.3 Å². The van der Waals surface area contributed by atoms with Crippen LogP contribution in [-0.4, -0.2) is 36.6 Å². The summed E-state index contributed by atoms with van der Waals surface area (Å²) in [6, 6.07) is 11.1. The molecule has 0 spiro atoms. The maximum atomic E-state index is 11.9. The summed E-state index contributed by atoms with van der Waals surface area (Å²) in [6.07, 6.45) is 1.49. The van der Waals surface area contributed by atoms with E-state index in [0.29, 0.717) is 60.3 Å². The molecular weight excluding hydrogens is 403 g/mol. The number of phenols is 1. The maximum absolute atomic E-state index is 11.9. The summed E-state index contributed by atoms with van der Waals surface area (Å²) in [6.45, 7) is 1.25. The van der Waals surface area contributed by atoms with Crippen LogP contribution in [0, 0.1) is 0 Å². The molecule has 28 heavy (non-hydrogen) atoms. The SMILES string of the molecule is O=C(CCCOc1ccc(Cl)cc1Cl)NCCCNC(=O)c1cccc(O)c1. The van der Waals surface area contributed by atoms with Crippen molar-refractivity contribution in [2.75, 3.05) is 19.7 Å². The summed E-state index contributed by atoms with van der Waals surface area (Å²) in [5.41, 5.74) is 0.393. The minimum atomic E-state index is -0.264. The van der Waals surface area contributed by atoms with Gasteiger partial charge in [0.05, 0.1) is 11.6 Å². The summed E-state index contributed by atoms with van der Waals surface area (Å²) in [4.78, 5) is 23.7. The second-order valence-electron chi connectivity index (χ2n) is 6.04. The third-order valence-electron chi connectivity index (χ3n) is 3.77. The molecule has 0 fully saturated rings. The number of aromatic hydroxyl groups is 1. The third-order valence-corrected chi connectivity index (χ3v) is 4.30. The highest BCUT2D eigenvalue weighted by atomic mass is 35.5. The standard InChI is InChI=1S/C20H22Cl2N2O4/c21-15-7-8-18(17(22)13-15)28-11-2-6-19(26)23-9-3-10-24-20(27)14-4-1-5-16(25)12-14/h1,4-5,7-8,12-13,25H,2-3,6,9-11H2,(H,23,26)(H,24,27). The summed E-state index contributed by atoms with van der Waals surface area (Å²) < 4.78 is 5.53. The summed E-state index contributed by atoms with van der Waals surface area (Å²) in [5.74, 6) is 0.238. The number of halogens is 2. The van der Waals surface area contributed by atoms with Gasteiger partial charge in [-0.05, 0) is 49.2 Å². The van der Waals surface area contributed by atoms with Crippen LogP contribution < -0.4 is 15.4 Å². The molecule has 2 rings (SSSR count). The monoisotopic (exact) mass is 424 g/mol. The van der Waals surface area contributed by atoms with Crippen molar-refractivity contribution in [1.82, 2.24) is 10.6 Å². The molecule has 0 bridgehead atoms. The highest BCUT2D eigenvalue weighted by molar-refractivity contribution is 6.35. The Hall–Kier alpha value is -2.44. The summed E-state index contributed by atoms with van der Waals surface area (Å²) in [7, 11) is 0. The average Bonchev–Trinajstić information content (AvgIpc) is 2.66. The zero-order valence-corrected chi connectivity index (χ0v) is 16.7. The van der Waals surface area contributed by atoms with E-state index >= 15 is 0 Å². The molecule has 0 atom stereocenters. The molecule has 6 nitrogen and oxygen atoms in total. The number of benzene rings is 2. The Morgan fingerprint density at radius 3 is 2.54 bits per heavy atom. The van der Waals surface area contributed by atoms with Crippen LogP contribution in [0.15, 0.2) is 42.5 Å². The van der Waals surface area contributed by atoms with Crippen molar-refractivity contribution in [2.24, 2.45) is 0 Å². The number of phenolic OH excluding ortho intramolecular Hbond substituents is 1. The van der Waals surface area contributed by atoms with Gasteiger partial charge >= 0.3 is 0 Å². The fourth-order valence-electron chi connectivity index (χ4n) is 2.36. The van der Waals surface area contributed by atoms with E-state index in [2.05, 4.69) is 10.6 Å². The molecule has 0 heterocycles. The van der Waals surface area contributed by atoms with E-state index in [4.69, 9.17) is 27.9 Å². The van der Waals surface area contributed by atoms with Gasteiger partial charge in [-0.2, -0.15) is 0 Å². The minimum absolute atomic E-state index is 0.0437. The fourth-order valence-corrected chi connectivity index (χ4v) is 2.83. The number of carbonyl (C=O) groups is 2. The quantitative estimate of drug-likeness (QED) is 0.506. The predicted octanol–water partition coefficient (Wildman–Crippen LogP) is 3.79. The molecule has 0 saturated carbocycles. The van der Waals surface area contributed by atoms with Crippen molar-refractivity contribution in [2.45, 2.75) is 19.3 Å². The molecule has 3 N–H and O–H groups in total. The molecule has 0 unspecified atom stereocenters. The number of hydrogen-bond acceptors (Lipinski definition) is 4. The van der Waals surface area contributed by atoms with Gasteiger partial charge in [0.1, 0.15) is 11.5 Å². The molecule has 2 aromatic carbocycles. The van der Waals surface area contributed by atoms with Crippen molar-refractivity contribution in [3.63, 3.8) is 0 Å². The van der Waals surface area contributed by atoms with Crippen molar-refractivity contribution in [1.29, 1.82) is 0 Å². The van der Waals surface area contributed by atoms with Gasteiger partial charge in [-0.1, -0.05) is 29.3 Å². The third kappa shape index (κ3) is 7.66. The van der Waals surface area contributed by atoms with Crippen LogP contribution in [0.1, 0.15) is 29.6 Å². The van der Waals surface area contributed by atoms with Crippen LogP contribution in [0.4, 0.5) is 0 Å². The second kappa shape index (κ2) is 11.4. The van der Waals surface area contributed by atoms with Gasteiger partial charge in [0.2, 0.25) is 5.91 Å². The van der Waals surface area contributed by atoms with Gasteiger partial charge in [-0.3, -0.25) is 9.59 Å². The molecule has 8 heteroatoms. The number of nitrogens with one attached hydrogen (secondary N) is 2. The van der Waals surface area contributed by atoms with E-state index in [0.717, 1.165) is 0 Å². The largest absolute Gasteiger partial charge is 0.508 e. The number of amides is 2. The summed E-state index contributed by atoms with van der Waals surface area (Å²) >= 11 is 11.8. The van der Waals surface area contributed by atoms with Crippen LogP contribution in [-0.2, 0) is 4.79 Å². The van der Waals surface area contributed by atoms with E-state index < -0.39 is 0 Å². The van der Waals surface area contributed by atoms with Crippen molar-refractivity contribution in [3.8, 4) is 11.5 Å². The van der Waals surface area contributed by atoms with Crippen LogP contribution in [0.2, 0.25) is 10.0 Å². The lowest BCUT2D eigenvalue weighted by atomic mass is 10.2. The number of ether oxygens (including phenoxy) is 1. The number of rotatable bonds is 10. The Morgan fingerprint density at radius 1 is 1.00 bits per heavy atom. The zero-order valence-electron chi connectivity index (χ0n) is 15.2. The Balaban J connectivity index is 1.53. The first-order valence-corrected chi connectivity index (χ1v) is 9.63. The highest BCUT2D eigenvalue weighted by Crippen LogP contribution is 2.27. The van der Waals surface area contributed by atoms with Gasteiger partial charge < -0.3 is 20.5 Å². The first-order valence-electron chi connectivity index (χ1n) is 8.87. The topological polar surface area (TPSA) is 87.7 Å². The lowest BCUT2D eigenvalue weighted by molar-refractivity contribution is -0.121. The second-order valence-corrected chi connectivity index (χ2v) is 6.88. The van der Waals surface area contributed by atoms with Gasteiger partial charge in [0, 0.05) is 30.1 Å². The molecule has 2 amide bonds.